The van der Waals surface area contributed by atoms with Crippen LogP contribution in [0.3, 0.4) is 0 Å². The van der Waals surface area contributed by atoms with E-state index in [0.29, 0.717) is 0 Å². The smallest absolute Gasteiger partial charge is 0.312 e. The monoisotopic (exact) mass is 404 g/mol. The molecule has 0 aromatic rings. The third-order valence-electron chi connectivity index (χ3n) is 5.39. The van der Waals surface area contributed by atoms with Crippen molar-refractivity contribution in [3.05, 3.63) is 0 Å². The number of rotatable bonds is 7. The summed E-state index contributed by atoms with van der Waals surface area (Å²) in [5.74, 6) is -8.56. The molecule has 2 bridgehead atoms. The second-order valence-electron chi connectivity index (χ2n) is 6.34. The fraction of sp³-hybridized carbons (Fsp3) is 0.765. The molecule has 6 atom stereocenters. The van der Waals surface area contributed by atoms with Crippen molar-refractivity contribution in [1.82, 2.24) is 0 Å². The van der Waals surface area contributed by atoms with E-state index in [2.05, 4.69) is 0 Å². The molecule has 0 spiro atoms. The first-order valence-corrected chi connectivity index (χ1v) is 8.35. The lowest BCUT2D eigenvalue weighted by molar-refractivity contribution is -0.242. The second-order valence-corrected chi connectivity index (χ2v) is 6.34. The lowest BCUT2D eigenvalue weighted by atomic mass is 9.61. The Hall–Kier alpha value is -2.24. The van der Waals surface area contributed by atoms with Crippen molar-refractivity contribution in [2.45, 2.75) is 18.0 Å². The van der Waals surface area contributed by atoms with E-state index in [9.17, 15) is 19.2 Å². The fourth-order valence-corrected chi connectivity index (χ4v) is 4.43. The SMILES string of the molecule is COC(=O)[C@@H]1C2OC(C(OC)OC)([C@@H]1C(=O)OC)[C@@H](C(=O)OC)[C@H]2C(=O)OC. The zero-order valence-corrected chi connectivity index (χ0v) is 16.5. The van der Waals surface area contributed by atoms with Crippen LogP contribution < -0.4 is 0 Å². The van der Waals surface area contributed by atoms with Crippen LogP contribution in [-0.2, 0) is 52.3 Å². The van der Waals surface area contributed by atoms with E-state index in [1.165, 1.54) is 14.2 Å². The van der Waals surface area contributed by atoms with Gasteiger partial charge in [-0.05, 0) is 0 Å². The number of esters is 4. The lowest BCUT2D eigenvalue weighted by Gasteiger charge is -2.43. The lowest BCUT2D eigenvalue weighted by Crippen LogP contribution is -2.63. The van der Waals surface area contributed by atoms with Crippen LogP contribution in [0, 0.1) is 23.7 Å². The summed E-state index contributed by atoms with van der Waals surface area (Å²) in [5.41, 5.74) is -1.88. The van der Waals surface area contributed by atoms with Gasteiger partial charge in [-0.3, -0.25) is 19.2 Å². The summed E-state index contributed by atoms with van der Waals surface area (Å²) in [5, 5.41) is 0. The first-order chi connectivity index (χ1) is 13.3. The maximum Gasteiger partial charge on any atom is 0.312 e. The minimum Gasteiger partial charge on any atom is -0.469 e. The van der Waals surface area contributed by atoms with E-state index in [4.69, 9.17) is 33.2 Å². The maximum absolute atomic E-state index is 12.7. The van der Waals surface area contributed by atoms with Gasteiger partial charge in [0.25, 0.3) is 0 Å². The molecule has 0 saturated carbocycles. The molecule has 2 aliphatic rings. The van der Waals surface area contributed by atoms with E-state index < -0.39 is 65.5 Å². The molecule has 2 rings (SSSR count). The highest BCUT2D eigenvalue weighted by molar-refractivity contribution is 5.92. The molecule has 2 heterocycles. The van der Waals surface area contributed by atoms with Crippen LogP contribution in [0.2, 0.25) is 0 Å². The average Bonchev–Trinajstić information content (AvgIpc) is 3.23. The number of fused-ring (bicyclic) bond motifs is 2. The van der Waals surface area contributed by atoms with Gasteiger partial charge in [-0.2, -0.15) is 0 Å². The van der Waals surface area contributed by atoms with Crippen molar-refractivity contribution >= 4 is 23.9 Å². The van der Waals surface area contributed by atoms with Gasteiger partial charge in [0.05, 0.1) is 34.5 Å². The van der Waals surface area contributed by atoms with Crippen LogP contribution in [-0.4, -0.2) is 84.5 Å². The quantitative estimate of drug-likeness (QED) is 0.291. The zero-order chi connectivity index (χ0) is 21.2. The van der Waals surface area contributed by atoms with Crippen molar-refractivity contribution in [3.63, 3.8) is 0 Å². The van der Waals surface area contributed by atoms with Gasteiger partial charge in [0, 0.05) is 14.2 Å². The van der Waals surface area contributed by atoms with Gasteiger partial charge >= 0.3 is 23.9 Å². The number of methoxy groups -OCH3 is 6. The van der Waals surface area contributed by atoms with Gasteiger partial charge < -0.3 is 33.2 Å². The number of carbonyl (C=O) groups excluding carboxylic acids is 4. The van der Waals surface area contributed by atoms with Crippen LogP contribution in [0.25, 0.3) is 0 Å². The topological polar surface area (TPSA) is 133 Å². The molecular formula is C17H24O11. The normalized spacial score (nSPS) is 33.5. The Kier molecular flexibility index (Phi) is 6.63. The largest absolute Gasteiger partial charge is 0.469 e. The molecule has 2 saturated heterocycles. The molecule has 0 aromatic carbocycles. The second kappa shape index (κ2) is 8.41. The molecule has 11 nitrogen and oxygen atoms in total. The molecule has 2 aliphatic heterocycles. The molecule has 158 valence electrons. The fourth-order valence-electron chi connectivity index (χ4n) is 4.43. The third kappa shape index (κ3) is 2.93. The van der Waals surface area contributed by atoms with Crippen molar-refractivity contribution in [3.8, 4) is 0 Å². The highest BCUT2D eigenvalue weighted by Gasteiger charge is 2.79. The summed E-state index contributed by atoms with van der Waals surface area (Å²) < 4.78 is 35.9. The minimum absolute atomic E-state index is 0.814. The number of ether oxygens (including phenoxy) is 7. The van der Waals surface area contributed by atoms with Gasteiger partial charge in [0.1, 0.15) is 29.3 Å². The number of hydrogen-bond donors (Lipinski definition) is 0. The number of carbonyl (C=O) groups is 4. The summed E-state index contributed by atoms with van der Waals surface area (Å²) in [6.45, 7) is 0. The summed E-state index contributed by atoms with van der Waals surface area (Å²) in [6.07, 6.45) is -2.53. The van der Waals surface area contributed by atoms with E-state index in [1.807, 2.05) is 0 Å². The molecule has 0 aliphatic carbocycles. The van der Waals surface area contributed by atoms with Crippen LogP contribution in [0.15, 0.2) is 0 Å². The molecular weight excluding hydrogens is 380 g/mol. The predicted octanol–water partition coefficient (Wildman–Crippen LogP) is -1.09. The van der Waals surface area contributed by atoms with Gasteiger partial charge in [0.2, 0.25) is 0 Å². The summed E-state index contributed by atoms with van der Waals surface area (Å²) in [7, 11) is 7.03. The Morgan fingerprint density at radius 1 is 0.679 bits per heavy atom. The van der Waals surface area contributed by atoms with Crippen molar-refractivity contribution in [2.24, 2.45) is 23.7 Å². The van der Waals surface area contributed by atoms with Crippen molar-refractivity contribution in [2.75, 3.05) is 42.7 Å². The Bertz CT molecular complexity index is 597. The predicted molar refractivity (Wildman–Crippen MR) is 87.4 cm³/mol. The van der Waals surface area contributed by atoms with Crippen LogP contribution in [0.4, 0.5) is 0 Å². The molecule has 11 heteroatoms. The molecule has 0 amide bonds. The standard InChI is InChI=1S/C17H24O11/c1-22-12(18)7-9(14(20)24-3)17(16(26-5)27-6)10(15(21)25-4)8(11(7)28-17)13(19)23-2/h7-11,16H,1-6H3/t7-,8+,9-,10+,11?,17?. The molecule has 2 unspecified atom stereocenters. The van der Waals surface area contributed by atoms with Gasteiger partial charge in [0.15, 0.2) is 6.29 Å². The van der Waals surface area contributed by atoms with E-state index >= 15 is 0 Å². The highest BCUT2D eigenvalue weighted by atomic mass is 16.7. The molecule has 0 N–H and O–H groups in total. The molecule has 0 radical (unpaired) electrons. The Morgan fingerprint density at radius 2 is 1.04 bits per heavy atom. The van der Waals surface area contributed by atoms with Crippen LogP contribution in [0.1, 0.15) is 0 Å². The van der Waals surface area contributed by atoms with E-state index in [1.54, 1.807) is 0 Å². The molecule has 28 heavy (non-hydrogen) atoms. The Balaban J connectivity index is 2.78. The summed E-state index contributed by atoms with van der Waals surface area (Å²) in [6, 6.07) is 0. The first kappa shape index (κ1) is 22.1. The van der Waals surface area contributed by atoms with Crippen LogP contribution >= 0.6 is 0 Å². The zero-order valence-electron chi connectivity index (χ0n) is 16.5. The Labute approximate surface area is 161 Å². The maximum atomic E-state index is 12.7. The van der Waals surface area contributed by atoms with Gasteiger partial charge in [-0.1, -0.05) is 0 Å². The summed E-state index contributed by atoms with van der Waals surface area (Å²) >= 11 is 0. The van der Waals surface area contributed by atoms with Crippen LogP contribution in [0.5, 0.6) is 0 Å². The average molecular weight is 404 g/mol. The summed E-state index contributed by atoms with van der Waals surface area (Å²) in [4.78, 5) is 50.4. The highest BCUT2D eigenvalue weighted by Crippen LogP contribution is 2.60. The van der Waals surface area contributed by atoms with Crippen molar-refractivity contribution in [1.29, 1.82) is 0 Å². The van der Waals surface area contributed by atoms with Gasteiger partial charge in [-0.15, -0.1) is 0 Å². The van der Waals surface area contributed by atoms with E-state index in [0.717, 1.165) is 28.4 Å². The first-order valence-electron chi connectivity index (χ1n) is 8.35. The molecule has 0 aromatic heterocycles. The van der Waals surface area contributed by atoms with Crippen molar-refractivity contribution < 1.29 is 52.3 Å². The molecule has 2 fully saturated rings. The minimum atomic E-state index is -1.88. The van der Waals surface area contributed by atoms with Gasteiger partial charge in [-0.25, -0.2) is 0 Å². The Morgan fingerprint density at radius 3 is 1.32 bits per heavy atom. The number of hydrogen-bond acceptors (Lipinski definition) is 11. The third-order valence-corrected chi connectivity index (χ3v) is 5.39. The van der Waals surface area contributed by atoms with E-state index in [-0.39, 0.29) is 0 Å².